The minimum Gasteiger partial charge on any atom is -0.497 e. The predicted molar refractivity (Wildman–Crippen MR) is 92.6 cm³/mol. The molecule has 0 unspecified atom stereocenters. The Labute approximate surface area is 146 Å². The molecule has 0 saturated heterocycles. The van der Waals surface area contributed by atoms with E-state index >= 15 is 0 Å². The first-order chi connectivity index (χ1) is 12.0. The molecule has 1 aromatic carbocycles. The molecular weight excluding hydrogens is 324 g/mol. The average molecular weight is 346 g/mol. The second-order valence-electron chi connectivity index (χ2n) is 5.38. The Bertz CT molecular complexity index is 712. The lowest BCUT2D eigenvalue weighted by Crippen LogP contribution is -2.31. The predicted octanol–water partition coefficient (Wildman–Crippen LogP) is 2.67. The van der Waals surface area contributed by atoms with E-state index < -0.39 is 0 Å². The highest BCUT2D eigenvalue weighted by atomic mass is 16.5. The van der Waals surface area contributed by atoms with Crippen LogP contribution in [0, 0.1) is 0 Å². The summed E-state index contributed by atoms with van der Waals surface area (Å²) in [5.74, 6) is 1.47. The van der Waals surface area contributed by atoms with Crippen molar-refractivity contribution < 1.29 is 23.5 Å². The molecular formula is C18H22N2O5. The van der Waals surface area contributed by atoms with Crippen LogP contribution in [0.4, 0.5) is 5.69 Å². The van der Waals surface area contributed by atoms with Crippen molar-refractivity contribution in [2.75, 3.05) is 26.1 Å². The van der Waals surface area contributed by atoms with E-state index in [0.717, 1.165) is 0 Å². The van der Waals surface area contributed by atoms with Crippen molar-refractivity contribution >= 4 is 17.5 Å². The third-order valence-corrected chi connectivity index (χ3v) is 3.66. The number of hydrogen-bond acceptors (Lipinski definition) is 5. The van der Waals surface area contributed by atoms with Crippen LogP contribution in [0.5, 0.6) is 11.5 Å². The van der Waals surface area contributed by atoms with Gasteiger partial charge in [-0.25, -0.2) is 0 Å². The standard InChI is InChI=1S/C18H22N2O5/c1-13(21)20(12-15-5-4-10-25-15)9-8-18(22)19-16-11-14(23-2)6-7-17(16)24-3/h4-7,10-11H,8-9,12H2,1-3H3,(H,19,22). The second kappa shape index (κ2) is 8.77. The van der Waals surface area contributed by atoms with Crippen LogP contribution in [-0.2, 0) is 16.1 Å². The molecule has 0 spiro atoms. The molecule has 2 rings (SSSR count). The van der Waals surface area contributed by atoms with Gasteiger partial charge in [0.15, 0.2) is 0 Å². The summed E-state index contributed by atoms with van der Waals surface area (Å²) >= 11 is 0. The Balaban J connectivity index is 1.96. The Kier molecular flexibility index (Phi) is 6.45. The number of carbonyl (C=O) groups excluding carboxylic acids is 2. The maximum absolute atomic E-state index is 12.2. The van der Waals surface area contributed by atoms with Gasteiger partial charge in [-0.1, -0.05) is 0 Å². The Morgan fingerprint density at radius 1 is 1.20 bits per heavy atom. The van der Waals surface area contributed by atoms with Gasteiger partial charge in [-0.15, -0.1) is 0 Å². The molecule has 1 aromatic heterocycles. The van der Waals surface area contributed by atoms with Crippen molar-refractivity contribution in [3.63, 3.8) is 0 Å². The van der Waals surface area contributed by atoms with Crippen molar-refractivity contribution in [1.82, 2.24) is 4.90 Å². The van der Waals surface area contributed by atoms with Crippen LogP contribution in [0.3, 0.4) is 0 Å². The van der Waals surface area contributed by atoms with Gasteiger partial charge >= 0.3 is 0 Å². The molecule has 7 heteroatoms. The fourth-order valence-corrected chi connectivity index (χ4v) is 2.30. The van der Waals surface area contributed by atoms with Gasteiger partial charge in [-0.3, -0.25) is 9.59 Å². The minimum absolute atomic E-state index is 0.122. The summed E-state index contributed by atoms with van der Waals surface area (Å²) in [4.78, 5) is 25.5. The highest BCUT2D eigenvalue weighted by Gasteiger charge is 2.14. The van der Waals surface area contributed by atoms with E-state index in [0.29, 0.717) is 29.5 Å². The molecule has 0 radical (unpaired) electrons. The highest BCUT2D eigenvalue weighted by Crippen LogP contribution is 2.28. The lowest BCUT2D eigenvalue weighted by Gasteiger charge is -2.19. The zero-order valence-corrected chi connectivity index (χ0v) is 14.6. The van der Waals surface area contributed by atoms with Gasteiger partial charge in [0.25, 0.3) is 0 Å². The van der Waals surface area contributed by atoms with Gasteiger partial charge in [0.1, 0.15) is 17.3 Å². The van der Waals surface area contributed by atoms with Gasteiger partial charge in [0.2, 0.25) is 11.8 Å². The fourth-order valence-electron chi connectivity index (χ4n) is 2.30. The van der Waals surface area contributed by atoms with E-state index in [-0.39, 0.29) is 24.8 Å². The second-order valence-corrected chi connectivity index (χ2v) is 5.38. The largest absolute Gasteiger partial charge is 0.497 e. The molecule has 1 heterocycles. The molecule has 2 aromatic rings. The molecule has 7 nitrogen and oxygen atoms in total. The smallest absolute Gasteiger partial charge is 0.226 e. The summed E-state index contributed by atoms with van der Waals surface area (Å²) in [5.41, 5.74) is 0.521. The van der Waals surface area contributed by atoms with Gasteiger partial charge < -0.3 is 24.1 Å². The Hall–Kier alpha value is -2.96. The number of nitrogens with one attached hydrogen (secondary N) is 1. The van der Waals surface area contributed by atoms with Crippen LogP contribution in [-0.4, -0.2) is 37.5 Å². The van der Waals surface area contributed by atoms with Crippen molar-refractivity contribution in [1.29, 1.82) is 0 Å². The molecule has 0 atom stereocenters. The van der Waals surface area contributed by atoms with E-state index in [1.54, 1.807) is 48.6 Å². The quantitative estimate of drug-likeness (QED) is 0.795. The van der Waals surface area contributed by atoms with Gasteiger partial charge in [0, 0.05) is 26.0 Å². The monoisotopic (exact) mass is 346 g/mol. The van der Waals surface area contributed by atoms with Gasteiger partial charge in [-0.05, 0) is 24.3 Å². The third kappa shape index (κ3) is 5.27. The van der Waals surface area contributed by atoms with Crippen LogP contribution in [0.2, 0.25) is 0 Å². The lowest BCUT2D eigenvalue weighted by molar-refractivity contribution is -0.130. The number of amides is 2. The molecule has 0 bridgehead atoms. The molecule has 0 fully saturated rings. The number of carbonyl (C=O) groups is 2. The number of nitrogens with zero attached hydrogens (tertiary/aromatic N) is 1. The average Bonchev–Trinajstić information content (AvgIpc) is 3.11. The summed E-state index contributed by atoms with van der Waals surface area (Å²) in [7, 11) is 3.07. The van der Waals surface area contributed by atoms with Gasteiger partial charge in [0.05, 0.1) is 32.7 Å². The molecule has 25 heavy (non-hydrogen) atoms. The number of rotatable bonds is 8. The molecule has 134 valence electrons. The van der Waals surface area contributed by atoms with Crippen LogP contribution in [0.1, 0.15) is 19.1 Å². The number of furan rings is 1. The number of ether oxygens (including phenoxy) is 2. The molecule has 0 aliphatic rings. The molecule has 0 saturated carbocycles. The number of methoxy groups -OCH3 is 2. The first-order valence-corrected chi connectivity index (χ1v) is 7.83. The minimum atomic E-state index is -0.225. The molecule has 0 aliphatic carbocycles. The van der Waals surface area contributed by atoms with Crippen LogP contribution in [0.15, 0.2) is 41.0 Å². The maximum Gasteiger partial charge on any atom is 0.226 e. The normalized spacial score (nSPS) is 10.2. The van der Waals surface area contributed by atoms with Crippen LogP contribution < -0.4 is 14.8 Å². The van der Waals surface area contributed by atoms with Crippen molar-refractivity contribution in [2.45, 2.75) is 19.9 Å². The maximum atomic E-state index is 12.2. The molecule has 2 amide bonds. The number of anilines is 1. The topological polar surface area (TPSA) is 81.0 Å². The van der Waals surface area contributed by atoms with Crippen LogP contribution >= 0.6 is 0 Å². The summed E-state index contributed by atoms with van der Waals surface area (Å²) < 4.78 is 15.6. The summed E-state index contributed by atoms with van der Waals surface area (Å²) in [6.07, 6.45) is 1.70. The van der Waals surface area contributed by atoms with Crippen molar-refractivity contribution in [2.24, 2.45) is 0 Å². The lowest BCUT2D eigenvalue weighted by atomic mass is 10.2. The van der Waals surface area contributed by atoms with E-state index in [1.807, 2.05) is 0 Å². The first-order valence-electron chi connectivity index (χ1n) is 7.83. The van der Waals surface area contributed by atoms with Crippen molar-refractivity contribution in [3.8, 4) is 11.5 Å². The van der Waals surface area contributed by atoms with Crippen LogP contribution in [0.25, 0.3) is 0 Å². The summed E-state index contributed by atoms with van der Waals surface area (Å²) in [5, 5.41) is 2.78. The Morgan fingerprint density at radius 2 is 2.00 bits per heavy atom. The van der Waals surface area contributed by atoms with Gasteiger partial charge in [-0.2, -0.15) is 0 Å². The Morgan fingerprint density at radius 3 is 2.60 bits per heavy atom. The first kappa shape index (κ1) is 18.4. The molecule has 0 aliphatic heterocycles. The number of benzene rings is 1. The fraction of sp³-hybridized carbons (Fsp3) is 0.333. The SMILES string of the molecule is COc1ccc(OC)c(NC(=O)CCN(Cc2ccco2)C(C)=O)c1. The van der Waals surface area contributed by atoms with E-state index in [9.17, 15) is 9.59 Å². The highest BCUT2D eigenvalue weighted by molar-refractivity contribution is 5.92. The zero-order valence-electron chi connectivity index (χ0n) is 14.6. The third-order valence-electron chi connectivity index (χ3n) is 3.66. The summed E-state index contributed by atoms with van der Waals surface area (Å²) in [6.45, 7) is 2.08. The van der Waals surface area contributed by atoms with E-state index in [1.165, 1.54) is 14.0 Å². The molecule has 1 N–H and O–H groups in total. The summed E-state index contributed by atoms with van der Waals surface area (Å²) in [6, 6.07) is 8.69. The van der Waals surface area contributed by atoms with E-state index in [2.05, 4.69) is 5.32 Å². The van der Waals surface area contributed by atoms with E-state index in [4.69, 9.17) is 13.9 Å². The zero-order chi connectivity index (χ0) is 18.2. The number of hydrogen-bond donors (Lipinski definition) is 1. The van der Waals surface area contributed by atoms with Crippen molar-refractivity contribution in [3.05, 3.63) is 42.4 Å².